The second kappa shape index (κ2) is 14.8. The van der Waals surface area contributed by atoms with Gasteiger partial charge in [-0.3, -0.25) is 4.79 Å². The first-order valence-corrected chi connectivity index (χ1v) is 10.2. The standard InChI is InChI=1S/C23H29BN2O5/c1-5-7-19(23(28)30-6-2)8-9-21(15-27)20-10-12-26-22(14-20)31-18(3)16-29-13-11-24(4)17-25/h5,7-10,12,14-15,18H,6,11,13,16H2,1-4H3/b7-5+,19-8-,21-9+. The Morgan fingerprint density at radius 2 is 2.16 bits per heavy atom. The molecule has 0 N–H and O–H groups in total. The van der Waals surface area contributed by atoms with Crippen molar-refractivity contribution >= 4 is 24.5 Å². The van der Waals surface area contributed by atoms with Crippen LogP contribution in [0, 0.1) is 11.2 Å². The van der Waals surface area contributed by atoms with E-state index in [1.807, 2.05) is 13.7 Å². The number of aldehydes is 1. The predicted octanol–water partition coefficient (Wildman–Crippen LogP) is 3.70. The number of ether oxygens (including phenoxy) is 3. The molecule has 0 aliphatic heterocycles. The molecule has 0 bridgehead atoms. The normalized spacial score (nSPS) is 12.9. The molecule has 0 saturated heterocycles. The number of nitrogens with zero attached hydrogens (tertiary/aromatic N) is 2. The maximum absolute atomic E-state index is 12.0. The van der Waals surface area contributed by atoms with Crippen LogP contribution in [0.1, 0.15) is 26.3 Å². The van der Waals surface area contributed by atoms with Crippen molar-refractivity contribution in [3.05, 3.63) is 53.8 Å². The average Bonchev–Trinajstić information content (AvgIpc) is 2.76. The van der Waals surface area contributed by atoms with Gasteiger partial charge in [-0.15, -0.1) is 0 Å². The number of pyridine rings is 1. The first kappa shape index (κ1) is 25.9. The Morgan fingerprint density at radius 1 is 1.39 bits per heavy atom. The number of nitriles is 1. The minimum absolute atomic E-state index is 0.0469. The quantitative estimate of drug-likeness (QED) is 0.119. The van der Waals surface area contributed by atoms with Gasteiger partial charge in [-0.05, 0) is 44.8 Å². The number of carbonyl (C=O) groups excluding carboxylic acids is 2. The Morgan fingerprint density at radius 3 is 2.81 bits per heavy atom. The summed E-state index contributed by atoms with van der Waals surface area (Å²) in [4.78, 5) is 27.8. The number of carbonyl (C=O) groups is 2. The van der Waals surface area contributed by atoms with E-state index in [0.29, 0.717) is 48.4 Å². The summed E-state index contributed by atoms with van der Waals surface area (Å²) in [7, 11) is 0. The van der Waals surface area contributed by atoms with Gasteiger partial charge < -0.3 is 14.2 Å². The molecule has 1 aromatic rings. The molecule has 1 aromatic heterocycles. The fraction of sp³-hybridized carbons (Fsp3) is 0.391. The fourth-order valence-electron chi connectivity index (χ4n) is 2.44. The molecule has 0 aromatic carbocycles. The number of allylic oxidation sites excluding steroid dienone is 4. The zero-order chi connectivity index (χ0) is 23.1. The van der Waals surface area contributed by atoms with Gasteiger partial charge in [-0.2, -0.15) is 0 Å². The average molecular weight is 424 g/mol. The van der Waals surface area contributed by atoms with Crippen LogP contribution in [0.3, 0.4) is 0 Å². The summed E-state index contributed by atoms with van der Waals surface area (Å²) < 4.78 is 16.3. The highest BCUT2D eigenvalue weighted by molar-refractivity contribution is 6.65. The van der Waals surface area contributed by atoms with Gasteiger partial charge in [0.25, 0.3) is 6.71 Å². The van der Waals surface area contributed by atoms with Crippen LogP contribution in [0.5, 0.6) is 5.88 Å². The van der Waals surface area contributed by atoms with Crippen LogP contribution in [0.15, 0.2) is 48.2 Å². The molecular weight excluding hydrogens is 395 g/mol. The van der Waals surface area contributed by atoms with E-state index in [-0.39, 0.29) is 19.4 Å². The zero-order valence-electron chi connectivity index (χ0n) is 18.5. The Bertz CT molecular complexity index is 858. The molecule has 0 amide bonds. The van der Waals surface area contributed by atoms with E-state index < -0.39 is 5.97 Å². The second-order valence-corrected chi connectivity index (χ2v) is 6.79. The monoisotopic (exact) mass is 424 g/mol. The molecule has 0 aliphatic rings. The fourth-order valence-corrected chi connectivity index (χ4v) is 2.44. The number of esters is 1. The summed E-state index contributed by atoms with van der Waals surface area (Å²) in [5.74, 6) is 2.06. The highest BCUT2D eigenvalue weighted by atomic mass is 16.5. The maximum Gasteiger partial charge on any atom is 0.338 e. The van der Waals surface area contributed by atoms with Gasteiger partial charge in [0.15, 0.2) is 6.29 Å². The van der Waals surface area contributed by atoms with E-state index in [1.165, 1.54) is 0 Å². The van der Waals surface area contributed by atoms with Crippen LogP contribution in [0.4, 0.5) is 0 Å². The van der Waals surface area contributed by atoms with Crippen LogP contribution in [0.25, 0.3) is 5.57 Å². The molecule has 0 fully saturated rings. The number of aromatic nitrogens is 1. The molecule has 0 radical (unpaired) electrons. The molecule has 0 spiro atoms. The van der Waals surface area contributed by atoms with Crippen molar-refractivity contribution in [3.63, 3.8) is 0 Å². The van der Waals surface area contributed by atoms with E-state index in [0.717, 1.165) is 0 Å². The smallest absolute Gasteiger partial charge is 0.338 e. The molecule has 1 unspecified atom stereocenters. The predicted molar refractivity (Wildman–Crippen MR) is 121 cm³/mol. The summed E-state index contributed by atoms with van der Waals surface area (Å²) in [6.07, 6.45) is 9.11. The van der Waals surface area contributed by atoms with Crippen molar-refractivity contribution in [3.8, 4) is 11.8 Å². The van der Waals surface area contributed by atoms with E-state index in [2.05, 4.69) is 11.0 Å². The maximum atomic E-state index is 12.0. The Balaban J connectivity index is 2.85. The van der Waals surface area contributed by atoms with Gasteiger partial charge in [0.05, 0.1) is 18.8 Å². The minimum Gasteiger partial charge on any atom is -0.472 e. The Hall–Kier alpha value is -3.18. The molecule has 0 saturated carbocycles. The van der Waals surface area contributed by atoms with E-state index in [4.69, 9.17) is 19.5 Å². The lowest BCUT2D eigenvalue weighted by Crippen LogP contribution is -2.21. The van der Waals surface area contributed by atoms with E-state index in [9.17, 15) is 9.59 Å². The van der Waals surface area contributed by atoms with Crippen molar-refractivity contribution in [2.45, 2.75) is 40.0 Å². The largest absolute Gasteiger partial charge is 0.472 e. The summed E-state index contributed by atoms with van der Waals surface area (Å²) >= 11 is 0. The van der Waals surface area contributed by atoms with Crippen LogP contribution >= 0.6 is 0 Å². The molecule has 164 valence electrons. The molecule has 1 heterocycles. The third-order valence-electron chi connectivity index (χ3n) is 4.09. The zero-order valence-corrected chi connectivity index (χ0v) is 18.5. The lowest BCUT2D eigenvalue weighted by atomic mass is 9.52. The third kappa shape index (κ3) is 9.92. The second-order valence-electron chi connectivity index (χ2n) is 6.79. The van der Waals surface area contributed by atoms with E-state index in [1.54, 1.807) is 56.5 Å². The third-order valence-corrected chi connectivity index (χ3v) is 4.09. The summed E-state index contributed by atoms with van der Waals surface area (Å²) in [6, 6.07) is 3.34. The van der Waals surface area contributed by atoms with Gasteiger partial charge in [0.2, 0.25) is 5.88 Å². The highest BCUT2D eigenvalue weighted by Gasteiger charge is 2.10. The van der Waals surface area contributed by atoms with Gasteiger partial charge >= 0.3 is 5.97 Å². The first-order chi connectivity index (χ1) is 14.9. The van der Waals surface area contributed by atoms with Gasteiger partial charge in [0.1, 0.15) is 6.10 Å². The molecule has 8 heteroatoms. The molecule has 1 rings (SSSR count). The summed E-state index contributed by atoms with van der Waals surface area (Å²) in [5, 5.41) is 8.78. The topological polar surface area (TPSA) is 98.5 Å². The lowest BCUT2D eigenvalue weighted by molar-refractivity contribution is -0.138. The number of hydrogen-bond acceptors (Lipinski definition) is 7. The lowest BCUT2D eigenvalue weighted by Gasteiger charge is -2.14. The molecule has 7 nitrogen and oxygen atoms in total. The van der Waals surface area contributed by atoms with Gasteiger partial charge in [-0.1, -0.05) is 25.1 Å². The summed E-state index contributed by atoms with van der Waals surface area (Å²) in [6.45, 7) is 8.28. The first-order valence-electron chi connectivity index (χ1n) is 10.2. The van der Waals surface area contributed by atoms with E-state index >= 15 is 0 Å². The molecular formula is C23H29BN2O5. The molecule has 0 aliphatic carbocycles. The van der Waals surface area contributed by atoms with Crippen LogP contribution in [-0.2, 0) is 19.1 Å². The minimum atomic E-state index is -0.459. The van der Waals surface area contributed by atoms with Crippen molar-refractivity contribution in [1.82, 2.24) is 4.98 Å². The Kier molecular flexibility index (Phi) is 12.3. The SMILES string of the molecule is C/C=C/C(=C/C=C(\C=O)c1ccnc(OC(C)COCCB(C)C#N)c1)C(=O)OCC. The van der Waals surface area contributed by atoms with Crippen molar-refractivity contribution in [2.24, 2.45) is 0 Å². The van der Waals surface area contributed by atoms with Gasteiger partial charge in [-0.25, -0.2) is 15.0 Å². The van der Waals surface area contributed by atoms with Crippen LogP contribution < -0.4 is 4.74 Å². The van der Waals surface area contributed by atoms with Crippen molar-refractivity contribution in [2.75, 3.05) is 19.8 Å². The highest BCUT2D eigenvalue weighted by Crippen LogP contribution is 2.18. The van der Waals surface area contributed by atoms with Crippen molar-refractivity contribution in [1.29, 1.82) is 5.26 Å². The molecule has 1 atom stereocenters. The Labute approximate surface area is 184 Å². The van der Waals surface area contributed by atoms with Crippen LogP contribution in [-0.4, -0.2) is 49.9 Å². The number of rotatable bonds is 13. The molecule has 31 heavy (non-hydrogen) atoms. The number of hydrogen-bond donors (Lipinski definition) is 0. The summed E-state index contributed by atoms with van der Waals surface area (Å²) in [5.41, 5.74) is 1.31. The van der Waals surface area contributed by atoms with Gasteiger partial charge in [0, 0.05) is 30.4 Å². The van der Waals surface area contributed by atoms with Crippen molar-refractivity contribution < 1.29 is 23.8 Å². The van der Waals surface area contributed by atoms with Crippen LogP contribution in [0.2, 0.25) is 13.1 Å².